The van der Waals surface area contributed by atoms with Crippen LogP contribution in [0.15, 0.2) is 23.1 Å². The number of nitrogens with one attached hydrogen (secondary N) is 1. The highest BCUT2D eigenvalue weighted by Gasteiger charge is 2.09. The second-order valence-corrected chi connectivity index (χ2v) is 5.68. The smallest absolute Gasteiger partial charge is 0.292 e. The molecular formula is C13H12ClN3OS. The van der Waals surface area contributed by atoms with Gasteiger partial charge in [-0.1, -0.05) is 17.5 Å². The quantitative estimate of drug-likeness (QED) is 0.881. The Morgan fingerprint density at radius 1 is 1.58 bits per heavy atom. The van der Waals surface area contributed by atoms with Gasteiger partial charge in [-0.2, -0.15) is 5.10 Å². The molecule has 0 aliphatic heterocycles. The maximum atomic E-state index is 12.1. The summed E-state index contributed by atoms with van der Waals surface area (Å²) in [7, 11) is 0. The lowest BCUT2D eigenvalue weighted by molar-refractivity contribution is 0.664. The number of halogens is 1. The highest BCUT2D eigenvalue weighted by molar-refractivity contribution is 7.11. The normalized spacial score (nSPS) is 10.2. The first-order valence-electron chi connectivity index (χ1n) is 5.60. The van der Waals surface area contributed by atoms with Crippen LogP contribution in [0.2, 0.25) is 5.02 Å². The fourth-order valence-electron chi connectivity index (χ4n) is 1.58. The van der Waals surface area contributed by atoms with Crippen LogP contribution in [0.25, 0.3) is 0 Å². The Hall–Kier alpha value is -1.77. The second-order valence-electron chi connectivity index (χ2n) is 3.90. The molecule has 2 aromatic heterocycles. The summed E-state index contributed by atoms with van der Waals surface area (Å²) in [4.78, 5) is 14.4. The lowest BCUT2D eigenvalue weighted by atomic mass is 10.4. The van der Waals surface area contributed by atoms with Crippen molar-refractivity contribution in [1.29, 1.82) is 0 Å². The van der Waals surface area contributed by atoms with Crippen molar-refractivity contribution in [3.05, 3.63) is 43.5 Å². The van der Waals surface area contributed by atoms with Gasteiger partial charge in [0.2, 0.25) is 0 Å². The van der Waals surface area contributed by atoms with Crippen LogP contribution in [0.3, 0.4) is 0 Å². The number of aryl methyl sites for hydroxylation is 1. The van der Waals surface area contributed by atoms with E-state index in [1.807, 2.05) is 19.1 Å². The second kappa shape index (κ2) is 5.91. The van der Waals surface area contributed by atoms with E-state index < -0.39 is 0 Å². The summed E-state index contributed by atoms with van der Waals surface area (Å²) in [5.41, 5.74) is 0.0247. The summed E-state index contributed by atoms with van der Waals surface area (Å²) < 4.78 is 1.20. The van der Waals surface area contributed by atoms with E-state index in [4.69, 9.17) is 18.0 Å². The number of rotatable bonds is 4. The van der Waals surface area contributed by atoms with E-state index in [0.717, 1.165) is 4.88 Å². The molecule has 6 heteroatoms. The Labute approximate surface area is 120 Å². The van der Waals surface area contributed by atoms with Gasteiger partial charge in [0.15, 0.2) is 0 Å². The molecule has 98 valence electrons. The third-order valence-electron chi connectivity index (χ3n) is 2.47. The monoisotopic (exact) mass is 293 g/mol. The van der Waals surface area contributed by atoms with Gasteiger partial charge in [-0.3, -0.25) is 4.79 Å². The Balaban J connectivity index is 2.22. The Kier molecular flexibility index (Phi) is 4.25. The highest BCUT2D eigenvalue weighted by atomic mass is 35.5. The lowest BCUT2D eigenvalue weighted by Gasteiger charge is -2.08. The summed E-state index contributed by atoms with van der Waals surface area (Å²) >= 11 is 7.66. The van der Waals surface area contributed by atoms with Crippen LogP contribution in [0.5, 0.6) is 0 Å². The molecule has 0 saturated heterocycles. The molecule has 2 heterocycles. The molecule has 2 aromatic rings. The molecule has 0 unspecified atom stereocenters. The van der Waals surface area contributed by atoms with Gasteiger partial charge in [0.05, 0.1) is 11.2 Å². The maximum Gasteiger partial charge on any atom is 0.292 e. The Morgan fingerprint density at radius 3 is 3.00 bits per heavy atom. The first-order valence-corrected chi connectivity index (χ1v) is 6.79. The van der Waals surface area contributed by atoms with Crippen LogP contribution >= 0.6 is 22.9 Å². The fraction of sp³-hybridized carbons (Fsp3) is 0.231. The van der Waals surface area contributed by atoms with Gasteiger partial charge in [0, 0.05) is 16.3 Å². The highest BCUT2D eigenvalue weighted by Crippen LogP contribution is 2.19. The van der Waals surface area contributed by atoms with Crippen LogP contribution in [0.4, 0.5) is 5.69 Å². The third-order valence-corrected chi connectivity index (χ3v) is 3.76. The van der Waals surface area contributed by atoms with Gasteiger partial charge < -0.3 is 5.32 Å². The molecule has 19 heavy (non-hydrogen) atoms. The van der Waals surface area contributed by atoms with Crippen LogP contribution in [-0.4, -0.2) is 9.78 Å². The molecule has 1 N–H and O–H groups in total. The van der Waals surface area contributed by atoms with Gasteiger partial charge >= 0.3 is 0 Å². The van der Waals surface area contributed by atoms with Crippen LogP contribution < -0.4 is 10.9 Å². The number of hydrogen-bond donors (Lipinski definition) is 1. The number of nitrogens with zero attached hydrogens (tertiary/aromatic N) is 2. The number of anilines is 1. The maximum absolute atomic E-state index is 12.1. The number of aromatic nitrogens is 2. The van der Waals surface area contributed by atoms with Crippen molar-refractivity contribution >= 4 is 28.6 Å². The fourth-order valence-corrected chi connectivity index (χ4v) is 2.60. The van der Waals surface area contributed by atoms with E-state index in [2.05, 4.69) is 16.3 Å². The topological polar surface area (TPSA) is 46.9 Å². The van der Waals surface area contributed by atoms with E-state index in [1.54, 1.807) is 11.3 Å². The summed E-state index contributed by atoms with van der Waals surface area (Å²) in [5, 5.41) is 7.22. The average molecular weight is 294 g/mol. The largest absolute Gasteiger partial charge is 0.374 e. The molecule has 0 bridgehead atoms. The van der Waals surface area contributed by atoms with Crippen LogP contribution in [0.1, 0.15) is 9.75 Å². The van der Waals surface area contributed by atoms with Crippen molar-refractivity contribution in [1.82, 2.24) is 9.78 Å². The van der Waals surface area contributed by atoms with Crippen molar-refractivity contribution in [2.24, 2.45) is 0 Å². The molecule has 0 fully saturated rings. The zero-order valence-corrected chi connectivity index (χ0v) is 11.9. The third kappa shape index (κ3) is 3.16. The van der Waals surface area contributed by atoms with E-state index in [9.17, 15) is 4.79 Å². The van der Waals surface area contributed by atoms with Gasteiger partial charge in [-0.25, -0.2) is 4.68 Å². The molecule has 0 atom stereocenters. The minimum absolute atomic E-state index is 0.128. The zero-order valence-electron chi connectivity index (χ0n) is 10.3. The van der Waals surface area contributed by atoms with Gasteiger partial charge in [-0.05, 0) is 19.1 Å². The van der Waals surface area contributed by atoms with Crippen molar-refractivity contribution in [2.45, 2.75) is 20.0 Å². The Bertz CT molecular complexity index is 684. The lowest BCUT2D eigenvalue weighted by Crippen LogP contribution is -2.25. The molecule has 0 saturated carbocycles. The van der Waals surface area contributed by atoms with Gasteiger partial charge in [0.1, 0.15) is 12.2 Å². The van der Waals surface area contributed by atoms with E-state index in [0.29, 0.717) is 17.3 Å². The number of thiophene rings is 1. The number of hydrogen-bond acceptors (Lipinski definition) is 4. The van der Waals surface area contributed by atoms with Crippen molar-refractivity contribution in [2.75, 3.05) is 5.32 Å². The summed E-state index contributed by atoms with van der Waals surface area (Å²) in [6.45, 7) is 2.71. The van der Waals surface area contributed by atoms with E-state index in [1.165, 1.54) is 15.8 Å². The predicted octanol–water partition coefficient (Wildman–Crippen LogP) is 2.51. The van der Waals surface area contributed by atoms with Crippen molar-refractivity contribution in [3.63, 3.8) is 0 Å². The van der Waals surface area contributed by atoms with Gasteiger partial charge in [0.25, 0.3) is 5.56 Å². The molecule has 0 aliphatic rings. The molecule has 0 radical (unpaired) electrons. The molecule has 0 aliphatic carbocycles. The molecule has 4 nitrogen and oxygen atoms in total. The molecule has 2 rings (SSSR count). The number of terminal acetylenes is 1. The molecule has 0 amide bonds. The minimum atomic E-state index is -0.307. The first kappa shape index (κ1) is 13.7. The van der Waals surface area contributed by atoms with Crippen molar-refractivity contribution in [3.8, 4) is 12.3 Å². The predicted molar refractivity (Wildman–Crippen MR) is 78.7 cm³/mol. The standard InChI is InChI=1S/C13H12ClN3OS/c1-3-6-17-13(18)12(11(14)8-16-17)15-7-10-5-4-9(2)19-10/h1,4-5,8,15H,6-7H2,2H3. The summed E-state index contributed by atoms with van der Waals surface area (Å²) in [6.07, 6.45) is 6.60. The summed E-state index contributed by atoms with van der Waals surface area (Å²) in [6, 6.07) is 4.05. The summed E-state index contributed by atoms with van der Waals surface area (Å²) in [5.74, 6) is 2.38. The molecule has 0 aromatic carbocycles. The Morgan fingerprint density at radius 2 is 2.37 bits per heavy atom. The molecule has 0 spiro atoms. The van der Waals surface area contributed by atoms with Crippen LogP contribution in [0, 0.1) is 19.3 Å². The minimum Gasteiger partial charge on any atom is -0.374 e. The SMILES string of the molecule is C#CCn1ncc(Cl)c(NCc2ccc(C)s2)c1=O. The van der Waals surface area contributed by atoms with E-state index >= 15 is 0 Å². The van der Waals surface area contributed by atoms with Crippen molar-refractivity contribution < 1.29 is 0 Å². The first-order chi connectivity index (χ1) is 9.11. The average Bonchev–Trinajstić information content (AvgIpc) is 2.79. The van der Waals surface area contributed by atoms with E-state index in [-0.39, 0.29) is 12.1 Å². The van der Waals surface area contributed by atoms with Gasteiger partial charge in [-0.15, -0.1) is 17.8 Å². The van der Waals surface area contributed by atoms with Crippen LogP contribution in [-0.2, 0) is 13.1 Å². The zero-order chi connectivity index (χ0) is 13.8. The molecular weight excluding hydrogens is 282 g/mol.